The molecule has 2 aromatic carbocycles. The van der Waals surface area contributed by atoms with E-state index in [2.05, 4.69) is 5.32 Å². The van der Waals surface area contributed by atoms with Crippen LogP contribution >= 0.6 is 34.7 Å². The number of aryl methyl sites for hydroxylation is 1. The van der Waals surface area contributed by atoms with Gasteiger partial charge in [0.25, 0.3) is 0 Å². The number of carbonyl (C=O) groups is 3. The van der Waals surface area contributed by atoms with Crippen LogP contribution < -0.4 is 15.1 Å². The summed E-state index contributed by atoms with van der Waals surface area (Å²) in [7, 11) is 0. The molecule has 1 N–H and O–H groups in total. The fourth-order valence-corrected chi connectivity index (χ4v) is 7.76. The van der Waals surface area contributed by atoms with Crippen LogP contribution in [0.2, 0.25) is 5.02 Å². The van der Waals surface area contributed by atoms with Crippen molar-refractivity contribution in [3.63, 3.8) is 0 Å². The maximum atomic E-state index is 13.5. The first-order valence-corrected chi connectivity index (χ1v) is 13.1. The van der Waals surface area contributed by atoms with Gasteiger partial charge in [0.1, 0.15) is 11.8 Å². The molecule has 3 aromatic rings. The number of carbonyl (C=O) groups excluding carboxylic acids is 3. The highest BCUT2D eigenvalue weighted by molar-refractivity contribution is 8.00. The zero-order valence-electron chi connectivity index (χ0n) is 19.2. The van der Waals surface area contributed by atoms with Crippen LogP contribution in [0.1, 0.15) is 24.3 Å². The van der Waals surface area contributed by atoms with Crippen molar-refractivity contribution in [3.8, 4) is 0 Å². The third kappa shape index (κ3) is 4.01. The Labute approximate surface area is 215 Å². The lowest BCUT2D eigenvalue weighted by atomic mass is 9.76. The van der Waals surface area contributed by atoms with Gasteiger partial charge in [0.05, 0.1) is 16.6 Å². The van der Waals surface area contributed by atoms with E-state index in [-0.39, 0.29) is 29.1 Å². The molecule has 0 unspecified atom stereocenters. The quantitative estimate of drug-likeness (QED) is 0.506. The molecule has 1 saturated heterocycles. The zero-order valence-corrected chi connectivity index (χ0v) is 21.6. The normalized spacial score (nSPS) is 20.5. The Morgan fingerprint density at radius 2 is 1.69 bits per heavy atom. The Hall–Kier alpha value is -2.88. The van der Waals surface area contributed by atoms with Crippen LogP contribution in [0.5, 0.6) is 0 Å². The Morgan fingerprint density at radius 1 is 1.03 bits per heavy atom. The standard InChI is InChI=1S/C25H22ClN3O4S2/c1-13-4-10-16(11-5-13)29-21(31)18-19(22(29)32)34-23-20(25(18,2)3)35-24(33)28(23)12-17(30)27-15-8-6-14(26)7-9-15/h4-11,18-19H,12H2,1-3H3,(H,27,30)/t18-,19+/m1/s1. The molecule has 35 heavy (non-hydrogen) atoms. The van der Waals surface area contributed by atoms with E-state index in [0.717, 1.165) is 21.8 Å². The first-order chi connectivity index (χ1) is 16.6. The van der Waals surface area contributed by atoms with E-state index in [9.17, 15) is 19.2 Å². The lowest BCUT2D eigenvalue weighted by molar-refractivity contribution is -0.123. The van der Waals surface area contributed by atoms with E-state index in [1.165, 1.54) is 21.2 Å². The van der Waals surface area contributed by atoms with Crippen molar-refractivity contribution in [1.29, 1.82) is 0 Å². The number of thiazole rings is 1. The first-order valence-electron chi connectivity index (χ1n) is 11.0. The summed E-state index contributed by atoms with van der Waals surface area (Å²) in [5.74, 6) is -1.54. The molecule has 7 nitrogen and oxygen atoms in total. The molecule has 10 heteroatoms. The van der Waals surface area contributed by atoms with Crippen molar-refractivity contribution in [2.24, 2.45) is 5.92 Å². The number of rotatable bonds is 4. The summed E-state index contributed by atoms with van der Waals surface area (Å²) in [5, 5.41) is 3.22. The Morgan fingerprint density at radius 3 is 2.34 bits per heavy atom. The highest BCUT2D eigenvalue weighted by atomic mass is 35.5. The van der Waals surface area contributed by atoms with Gasteiger partial charge in [-0.05, 0) is 43.3 Å². The van der Waals surface area contributed by atoms with Crippen LogP contribution in [0, 0.1) is 12.8 Å². The molecule has 3 amide bonds. The summed E-state index contributed by atoms with van der Waals surface area (Å²) in [4.78, 5) is 54.3. The van der Waals surface area contributed by atoms with Gasteiger partial charge in [-0.2, -0.15) is 0 Å². The SMILES string of the molecule is Cc1ccc(N2C(=O)[C@H]3Sc4c(sc(=O)n4CC(=O)Nc4ccc(Cl)cc4)C(C)(C)[C@H]3C2=O)cc1. The number of fused-ring (bicyclic) bond motifs is 2. The van der Waals surface area contributed by atoms with E-state index in [0.29, 0.717) is 21.4 Å². The second kappa shape index (κ2) is 8.65. The van der Waals surface area contributed by atoms with Gasteiger partial charge in [0.2, 0.25) is 17.7 Å². The monoisotopic (exact) mass is 527 g/mol. The van der Waals surface area contributed by atoms with Gasteiger partial charge in [-0.3, -0.25) is 23.7 Å². The van der Waals surface area contributed by atoms with E-state index in [4.69, 9.17) is 11.6 Å². The van der Waals surface area contributed by atoms with Gasteiger partial charge in [0, 0.05) is 21.0 Å². The van der Waals surface area contributed by atoms with Crippen LogP contribution in [0.4, 0.5) is 11.4 Å². The smallest absolute Gasteiger partial charge is 0.308 e. The zero-order chi connectivity index (χ0) is 25.1. The number of thioether (sulfide) groups is 1. The second-order valence-corrected chi connectivity index (χ2v) is 11.8. The molecule has 2 aliphatic rings. The molecule has 3 heterocycles. The molecular formula is C25H22ClN3O4S2. The summed E-state index contributed by atoms with van der Waals surface area (Å²) in [6.45, 7) is 5.52. The molecule has 2 aliphatic heterocycles. The summed E-state index contributed by atoms with van der Waals surface area (Å²) in [6, 6.07) is 14.0. The van der Waals surface area contributed by atoms with Gasteiger partial charge in [-0.15, -0.1) is 0 Å². The predicted octanol–water partition coefficient (Wildman–Crippen LogP) is 4.45. The average molecular weight is 528 g/mol. The Kier molecular flexibility index (Phi) is 5.89. The largest absolute Gasteiger partial charge is 0.325 e. The number of hydrogen-bond donors (Lipinski definition) is 1. The van der Waals surface area contributed by atoms with Gasteiger partial charge in [0.15, 0.2) is 0 Å². The molecule has 5 rings (SSSR count). The number of aromatic nitrogens is 1. The molecular weight excluding hydrogens is 506 g/mol. The number of imide groups is 1. The van der Waals surface area contributed by atoms with E-state index >= 15 is 0 Å². The predicted molar refractivity (Wildman–Crippen MR) is 138 cm³/mol. The van der Waals surface area contributed by atoms with Crippen LogP contribution in [0.15, 0.2) is 58.4 Å². The number of hydrogen-bond acceptors (Lipinski definition) is 6. The van der Waals surface area contributed by atoms with Crippen LogP contribution in [-0.4, -0.2) is 27.5 Å². The van der Waals surface area contributed by atoms with Crippen molar-refractivity contribution in [1.82, 2.24) is 4.57 Å². The minimum Gasteiger partial charge on any atom is -0.325 e. The minimum atomic E-state index is -0.751. The molecule has 0 saturated carbocycles. The maximum absolute atomic E-state index is 13.5. The Bertz CT molecular complexity index is 1410. The number of benzene rings is 2. The molecule has 0 bridgehead atoms. The van der Waals surface area contributed by atoms with Gasteiger partial charge in [-0.25, -0.2) is 4.90 Å². The van der Waals surface area contributed by atoms with Crippen molar-refractivity contribution in [2.45, 2.75) is 43.0 Å². The maximum Gasteiger partial charge on any atom is 0.308 e. The summed E-state index contributed by atoms with van der Waals surface area (Å²) in [6.07, 6.45) is 0. The van der Waals surface area contributed by atoms with Crippen molar-refractivity contribution in [2.75, 3.05) is 10.2 Å². The van der Waals surface area contributed by atoms with Crippen LogP contribution in [-0.2, 0) is 26.3 Å². The number of nitrogens with zero attached hydrogens (tertiary/aromatic N) is 2. The highest BCUT2D eigenvalue weighted by Crippen LogP contribution is 2.54. The third-order valence-corrected chi connectivity index (χ3v) is 9.50. The lowest BCUT2D eigenvalue weighted by Crippen LogP contribution is -2.41. The molecule has 180 valence electrons. The van der Waals surface area contributed by atoms with E-state index in [1.54, 1.807) is 36.4 Å². The summed E-state index contributed by atoms with van der Waals surface area (Å²) < 4.78 is 1.40. The van der Waals surface area contributed by atoms with Crippen LogP contribution in [0.25, 0.3) is 0 Å². The van der Waals surface area contributed by atoms with Gasteiger partial charge < -0.3 is 5.32 Å². The van der Waals surface area contributed by atoms with Crippen molar-refractivity contribution in [3.05, 3.63) is 73.7 Å². The first kappa shape index (κ1) is 23.8. The van der Waals surface area contributed by atoms with E-state index < -0.39 is 16.6 Å². The van der Waals surface area contributed by atoms with E-state index in [1.807, 2.05) is 32.9 Å². The third-order valence-electron chi connectivity index (χ3n) is 6.43. The number of nitrogens with one attached hydrogen (secondary N) is 1. The average Bonchev–Trinajstić information content (AvgIpc) is 3.25. The van der Waals surface area contributed by atoms with Crippen molar-refractivity contribution < 1.29 is 14.4 Å². The summed E-state index contributed by atoms with van der Waals surface area (Å²) >= 11 is 8.14. The van der Waals surface area contributed by atoms with Crippen LogP contribution in [0.3, 0.4) is 0 Å². The van der Waals surface area contributed by atoms with Crippen molar-refractivity contribution >= 4 is 63.8 Å². The van der Waals surface area contributed by atoms with Gasteiger partial charge in [-0.1, -0.05) is 66.2 Å². The van der Waals surface area contributed by atoms with Gasteiger partial charge >= 0.3 is 4.87 Å². The lowest BCUT2D eigenvalue weighted by Gasteiger charge is -2.36. The molecule has 0 radical (unpaired) electrons. The Balaban J connectivity index is 1.46. The molecule has 1 aromatic heterocycles. The molecule has 0 spiro atoms. The molecule has 2 atom stereocenters. The fourth-order valence-electron chi connectivity index (χ4n) is 4.59. The molecule has 1 fully saturated rings. The minimum absolute atomic E-state index is 0.197. The number of anilines is 2. The molecule has 0 aliphatic carbocycles. The fraction of sp³-hybridized carbons (Fsp3) is 0.280. The number of amides is 3. The highest BCUT2D eigenvalue weighted by Gasteiger charge is 2.59. The topological polar surface area (TPSA) is 88.5 Å². The summed E-state index contributed by atoms with van der Waals surface area (Å²) in [5.41, 5.74) is 1.39. The number of halogens is 1. The second-order valence-electron chi connectivity index (χ2n) is 9.23.